The van der Waals surface area contributed by atoms with Crippen LogP contribution in [0.4, 0.5) is 0 Å². The molecular weight excluding hydrogens is 326 g/mol. The highest BCUT2D eigenvalue weighted by Gasteiger charge is 2.05. The highest BCUT2D eigenvalue weighted by Crippen LogP contribution is 2.20. The lowest BCUT2D eigenvalue weighted by molar-refractivity contribution is 0.302. The largest absolute Gasteiger partial charge is 0.464 e. The Morgan fingerprint density at radius 3 is 3.05 bits per heavy atom. The molecule has 1 aromatic heterocycles. The number of nitrogens with one attached hydrogen (secondary N) is 1. The molecule has 2 rings (SSSR count). The molecule has 0 atom stereocenters. The van der Waals surface area contributed by atoms with Crippen LogP contribution in [-0.4, -0.2) is 16.7 Å². The Morgan fingerprint density at radius 2 is 2.26 bits per heavy atom. The van der Waals surface area contributed by atoms with E-state index in [4.69, 9.17) is 4.74 Å². The summed E-state index contributed by atoms with van der Waals surface area (Å²) < 4.78 is 6.68. The lowest BCUT2D eigenvalue weighted by atomic mass is 10.2. The molecule has 0 saturated carbocycles. The van der Waals surface area contributed by atoms with Gasteiger partial charge >= 0.3 is 0 Å². The predicted octanol–water partition coefficient (Wildman–Crippen LogP) is 3.38. The molecule has 1 N–H and O–H groups in total. The quantitative estimate of drug-likeness (QED) is 0.784. The second-order valence-electron chi connectivity index (χ2n) is 4.06. The number of rotatable bonds is 7. The molecule has 0 amide bonds. The third-order valence-corrected chi connectivity index (χ3v) is 3.73. The summed E-state index contributed by atoms with van der Waals surface area (Å²) in [6, 6.07) is 8.04. The second kappa shape index (κ2) is 7.57. The van der Waals surface area contributed by atoms with Crippen LogP contribution >= 0.6 is 27.3 Å². The molecule has 1 aromatic carbocycles. The van der Waals surface area contributed by atoms with Crippen LogP contribution in [0, 0.1) is 0 Å². The molecule has 0 bridgehead atoms. The minimum absolute atomic E-state index is 0.510. The monoisotopic (exact) mass is 341 g/mol. The van der Waals surface area contributed by atoms with E-state index in [1.54, 1.807) is 0 Å². The van der Waals surface area contributed by atoms with Crippen LogP contribution in [0.25, 0.3) is 0 Å². The highest BCUT2D eigenvalue weighted by atomic mass is 79.9. The van der Waals surface area contributed by atoms with Crippen molar-refractivity contribution in [2.45, 2.75) is 26.5 Å². The molecule has 102 valence electrons. The molecule has 0 aliphatic carbocycles. The zero-order valence-corrected chi connectivity index (χ0v) is 13.1. The van der Waals surface area contributed by atoms with Gasteiger partial charge in [0, 0.05) is 11.0 Å². The summed E-state index contributed by atoms with van der Waals surface area (Å²) in [4.78, 5) is 0. The highest BCUT2D eigenvalue weighted by molar-refractivity contribution is 9.10. The lowest BCUT2D eigenvalue weighted by Gasteiger charge is -2.02. The van der Waals surface area contributed by atoms with Gasteiger partial charge in [0.05, 0.1) is 0 Å². The Labute approximate surface area is 125 Å². The fraction of sp³-hybridized carbons (Fsp3) is 0.385. The summed E-state index contributed by atoms with van der Waals surface area (Å²) in [7, 11) is 0. The van der Waals surface area contributed by atoms with Gasteiger partial charge in [-0.05, 0) is 30.7 Å². The number of halogens is 1. The molecule has 19 heavy (non-hydrogen) atoms. The van der Waals surface area contributed by atoms with Crippen molar-refractivity contribution in [2.24, 2.45) is 0 Å². The summed E-state index contributed by atoms with van der Waals surface area (Å²) >= 11 is 4.93. The maximum Gasteiger partial charge on any atom is 0.294 e. The summed E-state index contributed by atoms with van der Waals surface area (Å²) in [6.45, 7) is 4.40. The first kappa shape index (κ1) is 14.4. The van der Waals surface area contributed by atoms with Crippen molar-refractivity contribution >= 4 is 27.3 Å². The van der Waals surface area contributed by atoms with Crippen LogP contribution < -0.4 is 10.1 Å². The van der Waals surface area contributed by atoms with Crippen molar-refractivity contribution < 1.29 is 4.74 Å². The Bertz CT molecular complexity index is 518. The number of nitrogens with zero attached hydrogens (tertiary/aromatic N) is 2. The molecule has 4 nitrogen and oxygen atoms in total. The van der Waals surface area contributed by atoms with Gasteiger partial charge in [0.1, 0.15) is 11.6 Å². The van der Waals surface area contributed by atoms with E-state index in [9.17, 15) is 0 Å². The molecule has 6 heteroatoms. The molecule has 1 heterocycles. The topological polar surface area (TPSA) is 47.0 Å². The Hall–Kier alpha value is -0.980. The minimum atomic E-state index is 0.510. The van der Waals surface area contributed by atoms with E-state index in [0.717, 1.165) is 34.6 Å². The molecule has 0 spiro atoms. The van der Waals surface area contributed by atoms with Gasteiger partial charge in [-0.2, -0.15) is 0 Å². The Kier molecular flexibility index (Phi) is 5.75. The summed E-state index contributed by atoms with van der Waals surface area (Å²) in [5.41, 5.74) is 1.11. The maximum atomic E-state index is 5.63. The van der Waals surface area contributed by atoms with Crippen LogP contribution in [0.5, 0.6) is 5.19 Å². The van der Waals surface area contributed by atoms with E-state index >= 15 is 0 Å². The summed E-state index contributed by atoms with van der Waals surface area (Å²) in [6.07, 6.45) is 1.12. The average Bonchev–Trinajstić information content (AvgIpc) is 2.85. The maximum absolute atomic E-state index is 5.63. The molecule has 0 aliphatic heterocycles. The average molecular weight is 342 g/mol. The number of ether oxygens (including phenoxy) is 1. The third-order valence-electron chi connectivity index (χ3n) is 2.40. The van der Waals surface area contributed by atoms with Gasteiger partial charge in [0.25, 0.3) is 5.19 Å². The Morgan fingerprint density at radius 1 is 1.37 bits per heavy atom. The predicted molar refractivity (Wildman–Crippen MR) is 80.4 cm³/mol. The second-order valence-corrected chi connectivity index (χ2v) is 6.00. The number of hydrogen-bond donors (Lipinski definition) is 1. The third kappa shape index (κ3) is 4.89. The van der Waals surface area contributed by atoms with Crippen LogP contribution in [0.3, 0.4) is 0 Å². The lowest BCUT2D eigenvalue weighted by Crippen LogP contribution is -2.13. The molecule has 2 aromatic rings. The number of aromatic nitrogens is 2. The summed E-state index contributed by atoms with van der Waals surface area (Å²) in [5.74, 6) is 0. The standard InChI is InChI=1S/C13H16BrN3OS/c1-2-6-15-8-12-16-17-13(19-12)18-9-10-4-3-5-11(14)7-10/h3-5,7,15H,2,6,8-9H2,1H3. The first-order valence-electron chi connectivity index (χ1n) is 6.18. The number of benzene rings is 1. The first-order chi connectivity index (χ1) is 9.28. The Balaban J connectivity index is 1.83. The van der Waals surface area contributed by atoms with Gasteiger partial charge in [0.15, 0.2) is 0 Å². The van der Waals surface area contributed by atoms with Gasteiger partial charge in [-0.3, -0.25) is 0 Å². The van der Waals surface area contributed by atoms with Gasteiger partial charge in [-0.15, -0.1) is 5.10 Å². The zero-order chi connectivity index (χ0) is 13.5. The van der Waals surface area contributed by atoms with Crippen molar-refractivity contribution in [3.05, 3.63) is 39.3 Å². The van der Waals surface area contributed by atoms with E-state index in [0.29, 0.717) is 11.8 Å². The van der Waals surface area contributed by atoms with Crippen LogP contribution in [0.15, 0.2) is 28.7 Å². The van der Waals surface area contributed by atoms with Crippen LogP contribution in [-0.2, 0) is 13.2 Å². The van der Waals surface area contributed by atoms with E-state index in [2.05, 4.69) is 38.4 Å². The van der Waals surface area contributed by atoms with E-state index in [1.807, 2.05) is 24.3 Å². The van der Waals surface area contributed by atoms with Crippen molar-refractivity contribution in [1.82, 2.24) is 15.5 Å². The molecule has 0 aliphatic rings. The van der Waals surface area contributed by atoms with E-state index < -0.39 is 0 Å². The van der Waals surface area contributed by atoms with E-state index in [-0.39, 0.29) is 0 Å². The van der Waals surface area contributed by atoms with Crippen molar-refractivity contribution in [2.75, 3.05) is 6.54 Å². The minimum Gasteiger partial charge on any atom is -0.464 e. The normalized spacial score (nSPS) is 10.6. The molecule has 0 saturated heterocycles. The van der Waals surface area contributed by atoms with Gasteiger partial charge < -0.3 is 10.1 Å². The van der Waals surface area contributed by atoms with Crippen molar-refractivity contribution in [3.63, 3.8) is 0 Å². The molecular formula is C13H16BrN3OS. The van der Waals surface area contributed by atoms with E-state index in [1.165, 1.54) is 11.3 Å². The van der Waals surface area contributed by atoms with Crippen molar-refractivity contribution in [3.8, 4) is 5.19 Å². The number of hydrogen-bond acceptors (Lipinski definition) is 5. The van der Waals surface area contributed by atoms with Crippen LogP contribution in [0.1, 0.15) is 23.9 Å². The zero-order valence-electron chi connectivity index (χ0n) is 10.7. The molecule has 0 radical (unpaired) electrons. The van der Waals surface area contributed by atoms with Crippen LogP contribution in [0.2, 0.25) is 0 Å². The SMILES string of the molecule is CCCNCc1nnc(OCc2cccc(Br)c2)s1. The van der Waals surface area contributed by atoms with Gasteiger partial charge in [0.2, 0.25) is 0 Å². The fourth-order valence-corrected chi connectivity index (χ4v) is 2.62. The fourth-order valence-electron chi connectivity index (χ4n) is 1.51. The smallest absolute Gasteiger partial charge is 0.294 e. The first-order valence-corrected chi connectivity index (χ1v) is 7.79. The molecule has 0 fully saturated rings. The molecule has 0 unspecified atom stereocenters. The van der Waals surface area contributed by atoms with Gasteiger partial charge in [-0.1, -0.05) is 51.4 Å². The summed E-state index contributed by atoms with van der Waals surface area (Å²) in [5, 5.41) is 13.0. The van der Waals surface area contributed by atoms with Crippen molar-refractivity contribution in [1.29, 1.82) is 0 Å². The van der Waals surface area contributed by atoms with Gasteiger partial charge in [-0.25, -0.2) is 0 Å².